The van der Waals surface area contributed by atoms with Gasteiger partial charge in [-0.1, -0.05) is 0 Å². The Morgan fingerprint density at radius 1 is 0.964 bits per heavy atom. The molecule has 0 bridgehead atoms. The van der Waals surface area contributed by atoms with E-state index in [0.29, 0.717) is 68.6 Å². The molecule has 0 aromatic heterocycles. The molecular formula is C21H31NO6. The highest BCUT2D eigenvalue weighted by Crippen LogP contribution is 2.40. The van der Waals surface area contributed by atoms with Crippen LogP contribution in [0.2, 0.25) is 0 Å². The highest BCUT2D eigenvalue weighted by Gasteiger charge is 2.39. The lowest BCUT2D eigenvalue weighted by Crippen LogP contribution is -2.51. The molecule has 1 aromatic carbocycles. The lowest BCUT2D eigenvalue weighted by molar-refractivity contribution is -0.281. The Balaban J connectivity index is 1.79. The van der Waals surface area contributed by atoms with Gasteiger partial charge in [-0.15, -0.1) is 0 Å². The second-order valence-electron chi connectivity index (χ2n) is 6.85. The van der Waals surface area contributed by atoms with Crippen molar-refractivity contribution in [2.24, 2.45) is 0 Å². The number of hydrogen-bond acceptors (Lipinski definition) is 6. The molecule has 7 heteroatoms. The largest absolute Gasteiger partial charge is 0.490 e. The minimum absolute atomic E-state index is 0.0457. The number of piperidine rings is 1. The quantitative estimate of drug-likeness (QED) is 0.708. The summed E-state index contributed by atoms with van der Waals surface area (Å²) in [6, 6.07) is 3.49. The van der Waals surface area contributed by atoms with Gasteiger partial charge in [0.1, 0.15) is 0 Å². The van der Waals surface area contributed by atoms with Gasteiger partial charge in [-0.25, -0.2) is 0 Å². The molecular weight excluding hydrogens is 362 g/mol. The van der Waals surface area contributed by atoms with Crippen molar-refractivity contribution < 1.29 is 28.5 Å². The summed E-state index contributed by atoms with van der Waals surface area (Å²) in [5, 5.41) is 0. The first-order chi connectivity index (χ1) is 13.6. The molecule has 28 heavy (non-hydrogen) atoms. The molecule has 0 saturated carbocycles. The van der Waals surface area contributed by atoms with E-state index in [1.54, 1.807) is 12.1 Å². The third-order valence-corrected chi connectivity index (χ3v) is 4.99. The van der Waals surface area contributed by atoms with E-state index in [2.05, 4.69) is 0 Å². The van der Waals surface area contributed by atoms with Crippen LogP contribution in [-0.4, -0.2) is 62.7 Å². The maximum absolute atomic E-state index is 13.1. The zero-order valence-electron chi connectivity index (χ0n) is 17.1. The second kappa shape index (κ2) is 9.47. The fourth-order valence-electron chi connectivity index (χ4n) is 3.65. The summed E-state index contributed by atoms with van der Waals surface area (Å²) < 4.78 is 28.9. The third kappa shape index (κ3) is 4.52. The summed E-state index contributed by atoms with van der Waals surface area (Å²) in [6.45, 7) is 9.79. The fourth-order valence-corrected chi connectivity index (χ4v) is 3.65. The molecule has 1 amide bonds. The maximum Gasteiger partial charge on any atom is 0.254 e. The van der Waals surface area contributed by atoms with Crippen molar-refractivity contribution >= 4 is 5.91 Å². The lowest BCUT2D eigenvalue weighted by atomic mass is 10.0. The third-order valence-electron chi connectivity index (χ3n) is 4.99. The summed E-state index contributed by atoms with van der Waals surface area (Å²) in [6.07, 6.45) is 2.30. The standard InChI is InChI=1S/C21H31NO6/c1-4-24-17-14-16(15-18(25-5-2)19(17)26-6-3)20(23)22-10-8-21(9-11-22)27-12-7-13-28-21/h14-15H,4-13H2,1-3H3. The van der Waals surface area contributed by atoms with Gasteiger partial charge in [0.05, 0.1) is 33.0 Å². The second-order valence-corrected chi connectivity index (χ2v) is 6.85. The van der Waals surface area contributed by atoms with E-state index in [9.17, 15) is 4.79 Å². The van der Waals surface area contributed by atoms with Crippen molar-refractivity contribution in [2.75, 3.05) is 46.1 Å². The number of carbonyl (C=O) groups excluding carboxylic acids is 1. The molecule has 2 aliphatic rings. The molecule has 0 atom stereocenters. The zero-order chi connectivity index (χ0) is 20.0. The van der Waals surface area contributed by atoms with Crippen LogP contribution in [-0.2, 0) is 9.47 Å². The number of benzene rings is 1. The molecule has 2 aliphatic heterocycles. The van der Waals surface area contributed by atoms with Crippen LogP contribution in [0.4, 0.5) is 0 Å². The van der Waals surface area contributed by atoms with Gasteiger partial charge in [-0.2, -0.15) is 0 Å². The number of amides is 1. The Morgan fingerprint density at radius 2 is 1.50 bits per heavy atom. The molecule has 0 unspecified atom stereocenters. The SMILES string of the molecule is CCOc1cc(C(=O)N2CCC3(CC2)OCCCO3)cc(OCC)c1OCC. The molecule has 1 spiro atoms. The van der Waals surface area contributed by atoms with Gasteiger partial charge >= 0.3 is 0 Å². The smallest absolute Gasteiger partial charge is 0.254 e. The van der Waals surface area contributed by atoms with Crippen molar-refractivity contribution in [1.29, 1.82) is 0 Å². The Bertz CT molecular complexity index is 634. The topological polar surface area (TPSA) is 66.5 Å². The van der Waals surface area contributed by atoms with Gasteiger partial charge in [0.25, 0.3) is 5.91 Å². The van der Waals surface area contributed by atoms with E-state index in [1.165, 1.54) is 0 Å². The van der Waals surface area contributed by atoms with Crippen LogP contribution in [0.1, 0.15) is 50.4 Å². The first kappa shape index (κ1) is 20.7. The Hall–Kier alpha value is -1.99. The van der Waals surface area contributed by atoms with Crippen molar-refractivity contribution in [2.45, 2.75) is 45.8 Å². The van der Waals surface area contributed by atoms with E-state index < -0.39 is 5.79 Å². The van der Waals surface area contributed by atoms with E-state index in [1.807, 2.05) is 25.7 Å². The summed E-state index contributed by atoms with van der Waals surface area (Å²) in [5.41, 5.74) is 0.539. The van der Waals surface area contributed by atoms with Crippen LogP contribution >= 0.6 is 0 Å². The Kier molecular flexibility index (Phi) is 7.02. The van der Waals surface area contributed by atoms with Gasteiger partial charge in [0.2, 0.25) is 5.75 Å². The average molecular weight is 393 g/mol. The van der Waals surface area contributed by atoms with Crippen molar-refractivity contribution in [3.63, 3.8) is 0 Å². The summed E-state index contributed by atoms with van der Waals surface area (Å²) in [7, 11) is 0. The van der Waals surface area contributed by atoms with Crippen LogP contribution in [0, 0.1) is 0 Å². The summed E-state index contributed by atoms with van der Waals surface area (Å²) >= 11 is 0. The van der Waals surface area contributed by atoms with Crippen LogP contribution in [0.5, 0.6) is 17.2 Å². The van der Waals surface area contributed by atoms with E-state index in [-0.39, 0.29) is 5.91 Å². The number of hydrogen-bond donors (Lipinski definition) is 0. The van der Waals surface area contributed by atoms with Gasteiger partial charge in [-0.05, 0) is 39.3 Å². The van der Waals surface area contributed by atoms with Crippen LogP contribution in [0.15, 0.2) is 12.1 Å². The lowest BCUT2D eigenvalue weighted by Gasteiger charge is -2.43. The monoisotopic (exact) mass is 393 g/mol. The Morgan fingerprint density at radius 3 is 2.00 bits per heavy atom. The zero-order valence-corrected chi connectivity index (χ0v) is 17.1. The molecule has 156 valence electrons. The number of carbonyl (C=O) groups is 1. The fraction of sp³-hybridized carbons (Fsp3) is 0.667. The molecule has 0 aliphatic carbocycles. The molecule has 0 radical (unpaired) electrons. The summed E-state index contributed by atoms with van der Waals surface area (Å²) in [5.74, 6) is 1.05. The number of ether oxygens (including phenoxy) is 5. The predicted octanol–water partition coefficient (Wildman–Crippen LogP) is 3.25. The van der Waals surface area contributed by atoms with E-state index in [4.69, 9.17) is 23.7 Å². The van der Waals surface area contributed by atoms with Gasteiger partial charge < -0.3 is 28.6 Å². The molecule has 7 nitrogen and oxygen atoms in total. The van der Waals surface area contributed by atoms with Crippen molar-refractivity contribution in [1.82, 2.24) is 4.90 Å². The normalized spacial score (nSPS) is 18.8. The highest BCUT2D eigenvalue weighted by atomic mass is 16.7. The molecule has 0 N–H and O–H groups in total. The molecule has 2 saturated heterocycles. The summed E-state index contributed by atoms with van der Waals surface area (Å²) in [4.78, 5) is 15.0. The average Bonchev–Trinajstić information content (AvgIpc) is 2.71. The molecule has 3 rings (SSSR count). The van der Waals surface area contributed by atoms with Crippen LogP contribution < -0.4 is 14.2 Å². The van der Waals surface area contributed by atoms with Crippen molar-refractivity contribution in [3.8, 4) is 17.2 Å². The van der Waals surface area contributed by atoms with Gasteiger partial charge in [0, 0.05) is 31.5 Å². The van der Waals surface area contributed by atoms with Gasteiger partial charge in [-0.3, -0.25) is 4.79 Å². The molecule has 1 aromatic rings. The predicted molar refractivity (Wildman–Crippen MR) is 104 cm³/mol. The number of nitrogens with zero attached hydrogens (tertiary/aromatic N) is 1. The molecule has 2 heterocycles. The maximum atomic E-state index is 13.1. The number of likely N-dealkylation sites (tertiary alicyclic amines) is 1. The Labute approximate surface area is 166 Å². The van der Waals surface area contributed by atoms with Crippen LogP contribution in [0.3, 0.4) is 0 Å². The van der Waals surface area contributed by atoms with E-state index >= 15 is 0 Å². The van der Waals surface area contributed by atoms with Crippen LogP contribution in [0.25, 0.3) is 0 Å². The number of rotatable bonds is 7. The van der Waals surface area contributed by atoms with Gasteiger partial charge in [0.15, 0.2) is 17.3 Å². The first-order valence-corrected chi connectivity index (χ1v) is 10.3. The molecule has 2 fully saturated rings. The van der Waals surface area contributed by atoms with Crippen molar-refractivity contribution in [3.05, 3.63) is 17.7 Å². The first-order valence-electron chi connectivity index (χ1n) is 10.3. The highest BCUT2D eigenvalue weighted by molar-refractivity contribution is 5.95. The van der Waals surface area contributed by atoms with E-state index in [0.717, 1.165) is 19.6 Å². The minimum atomic E-state index is -0.513. The minimum Gasteiger partial charge on any atom is -0.490 e.